The molecule has 0 spiro atoms. The largest absolute Gasteiger partial charge is 0.461 e. The third-order valence-electron chi connectivity index (χ3n) is 1.58. The molecule has 0 aromatic heterocycles. The maximum Gasteiger partial charge on any atom is 0.461 e. The summed E-state index contributed by atoms with van der Waals surface area (Å²) in [7, 11) is 0. The van der Waals surface area contributed by atoms with Gasteiger partial charge in [0.05, 0.1) is 0 Å². The minimum absolute atomic E-state index is 0.342. The quantitative estimate of drug-likeness (QED) is 0.705. The molecule has 0 amide bonds. The monoisotopic (exact) mass is 219 g/mol. The average molecular weight is 219 g/mol. The van der Waals surface area contributed by atoms with E-state index in [1.165, 1.54) is 18.2 Å². The molecular formula is C10H7F4O. The van der Waals surface area contributed by atoms with Gasteiger partial charge in [-0.1, -0.05) is 24.8 Å². The first-order chi connectivity index (χ1) is 6.95. The molecule has 0 aliphatic carbocycles. The summed E-state index contributed by atoms with van der Waals surface area (Å²) >= 11 is 0. The molecule has 0 aliphatic rings. The topological polar surface area (TPSA) is 9.23 Å². The smallest absolute Gasteiger partial charge is 0.428 e. The van der Waals surface area contributed by atoms with Crippen molar-refractivity contribution in [2.24, 2.45) is 0 Å². The van der Waals surface area contributed by atoms with Crippen molar-refractivity contribution in [1.29, 1.82) is 0 Å². The molecule has 1 nitrogen and oxygen atoms in total. The van der Waals surface area contributed by atoms with Gasteiger partial charge >= 0.3 is 12.5 Å². The fourth-order valence-corrected chi connectivity index (χ4v) is 0.849. The van der Waals surface area contributed by atoms with Gasteiger partial charge in [0, 0.05) is 0 Å². The summed E-state index contributed by atoms with van der Waals surface area (Å²) in [5.41, 5.74) is 0.572. The third-order valence-corrected chi connectivity index (χ3v) is 1.58. The van der Waals surface area contributed by atoms with Crippen molar-refractivity contribution in [3.05, 3.63) is 36.4 Å². The molecule has 0 atom stereocenters. The van der Waals surface area contributed by atoms with E-state index in [9.17, 15) is 17.6 Å². The maximum absolute atomic E-state index is 12.4. The lowest BCUT2D eigenvalue weighted by molar-refractivity contribution is -0.253. The number of alkyl halides is 4. The molecule has 1 rings (SSSR count). The van der Waals surface area contributed by atoms with Crippen molar-refractivity contribution in [3.63, 3.8) is 0 Å². The van der Waals surface area contributed by atoms with Crippen molar-refractivity contribution >= 4 is 6.08 Å². The Balaban J connectivity index is 2.77. The van der Waals surface area contributed by atoms with Crippen LogP contribution in [0.15, 0.2) is 24.3 Å². The van der Waals surface area contributed by atoms with Crippen LogP contribution in [0.25, 0.3) is 6.08 Å². The molecule has 1 aromatic rings. The predicted molar refractivity (Wildman–Crippen MR) is 46.8 cm³/mol. The van der Waals surface area contributed by atoms with Gasteiger partial charge in [-0.3, -0.25) is 0 Å². The average Bonchev–Trinajstić information content (AvgIpc) is 2.18. The fourth-order valence-electron chi connectivity index (χ4n) is 0.849. The predicted octanol–water partition coefficient (Wildman–Crippen LogP) is 3.37. The van der Waals surface area contributed by atoms with E-state index in [2.05, 4.69) is 4.74 Å². The normalized spacial score (nSPS) is 11.5. The number of ether oxygens (including phenoxy) is 1. The molecule has 81 valence electrons. The molecule has 0 N–H and O–H groups in total. The van der Waals surface area contributed by atoms with Crippen molar-refractivity contribution < 1.29 is 22.3 Å². The van der Waals surface area contributed by atoms with Crippen LogP contribution in [0.4, 0.5) is 17.6 Å². The zero-order valence-corrected chi connectivity index (χ0v) is 7.46. The Labute approximate surface area is 84.0 Å². The van der Waals surface area contributed by atoms with Gasteiger partial charge in [-0.05, 0) is 17.7 Å². The standard InChI is InChI=1S/C10H7F4O/c1-2-7-3-5-8(6-4-7)15-10(13,14)9(11)12/h1-6,9H. The van der Waals surface area contributed by atoms with Gasteiger partial charge in [0.1, 0.15) is 5.75 Å². The number of hydrogen-bond donors (Lipinski definition) is 0. The molecule has 0 unspecified atom stereocenters. The second-order valence-electron chi connectivity index (χ2n) is 2.70. The van der Waals surface area contributed by atoms with Crippen LogP contribution in [-0.4, -0.2) is 12.5 Å². The molecule has 0 saturated heterocycles. The lowest BCUT2D eigenvalue weighted by Crippen LogP contribution is -2.33. The molecule has 0 saturated carbocycles. The lowest BCUT2D eigenvalue weighted by Gasteiger charge is -2.16. The van der Waals surface area contributed by atoms with Gasteiger partial charge in [0.25, 0.3) is 0 Å². The summed E-state index contributed by atoms with van der Waals surface area (Å²) in [6.45, 7) is 5.14. The molecule has 15 heavy (non-hydrogen) atoms. The van der Waals surface area contributed by atoms with Crippen LogP contribution >= 0.6 is 0 Å². The Morgan fingerprint density at radius 1 is 1.20 bits per heavy atom. The number of hydrogen-bond acceptors (Lipinski definition) is 1. The van der Waals surface area contributed by atoms with E-state index in [0.717, 1.165) is 12.1 Å². The van der Waals surface area contributed by atoms with Crippen LogP contribution in [0.2, 0.25) is 0 Å². The van der Waals surface area contributed by atoms with E-state index < -0.39 is 12.5 Å². The molecule has 1 aromatic carbocycles. The molecule has 0 fully saturated rings. The Kier molecular flexibility index (Phi) is 3.34. The molecule has 0 heterocycles. The van der Waals surface area contributed by atoms with Crippen LogP contribution < -0.4 is 4.74 Å². The first-order valence-electron chi connectivity index (χ1n) is 3.95. The van der Waals surface area contributed by atoms with E-state index in [-0.39, 0.29) is 5.75 Å². The summed E-state index contributed by atoms with van der Waals surface area (Å²) in [6.07, 6.45) is -7.10. The minimum Gasteiger partial charge on any atom is -0.428 e. The van der Waals surface area contributed by atoms with Gasteiger partial charge < -0.3 is 4.74 Å². The molecule has 0 aliphatic heterocycles. The second kappa shape index (κ2) is 4.33. The van der Waals surface area contributed by atoms with Crippen LogP contribution in [0.1, 0.15) is 5.56 Å². The molecule has 1 radical (unpaired) electrons. The highest BCUT2D eigenvalue weighted by molar-refractivity contribution is 5.47. The van der Waals surface area contributed by atoms with Crippen molar-refractivity contribution in [2.75, 3.05) is 0 Å². The van der Waals surface area contributed by atoms with E-state index in [1.807, 2.05) is 0 Å². The summed E-state index contributed by atoms with van der Waals surface area (Å²) in [5, 5.41) is 0. The second-order valence-corrected chi connectivity index (χ2v) is 2.70. The van der Waals surface area contributed by atoms with Crippen molar-refractivity contribution in [3.8, 4) is 5.75 Å². The maximum atomic E-state index is 12.4. The van der Waals surface area contributed by atoms with Gasteiger partial charge in [0.2, 0.25) is 0 Å². The fraction of sp³-hybridized carbons (Fsp3) is 0.200. The van der Waals surface area contributed by atoms with Crippen molar-refractivity contribution in [1.82, 2.24) is 0 Å². The molecular weight excluding hydrogens is 212 g/mol. The first kappa shape index (κ1) is 11.6. The van der Waals surface area contributed by atoms with E-state index in [0.29, 0.717) is 5.56 Å². The zero-order chi connectivity index (χ0) is 11.5. The van der Waals surface area contributed by atoms with Crippen LogP contribution in [-0.2, 0) is 0 Å². The summed E-state index contributed by atoms with van der Waals surface area (Å²) in [6, 6.07) is 5.01. The third kappa shape index (κ3) is 2.97. The summed E-state index contributed by atoms with van der Waals surface area (Å²) in [4.78, 5) is 0. The van der Waals surface area contributed by atoms with Crippen LogP contribution in [0.3, 0.4) is 0 Å². The highest BCUT2D eigenvalue weighted by Crippen LogP contribution is 2.27. The number of rotatable bonds is 4. The Bertz CT molecular complexity index is 332. The van der Waals surface area contributed by atoms with Crippen LogP contribution in [0.5, 0.6) is 5.75 Å². The van der Waals surface area contributed by atoms with Crippen LogP contribution in [0, 0.1) is 6.58 Å². The Morgan fingerprint density at radius 2 is 1.73 bits per heavy atom. The number of benzene rings is 1. The van der Waals surface area contributed by atoms with Crippen molar-refractivity contribution in [2.45, 2.75) is 12.5 Å². The highest BCUT2D eigenvalue weighted by atomic mass is 19.3. The lowest BCUT2D eigenvalue weighted by atomic mass is 10.2. The molecule has 5 heteroatoms. The Hall–Kier alpha value is -1.52. The van der Waals surface area contributed by atoms with Gasteiger partial charge in [0.15, 0.2) is 0 Å². The number of halogens is 4. The van der Waals surface area contributed by atoms with Gasteiger partial charge in [-0.2, -0.15) is 17.6 Å². The first-order valence-corrected chi connectivity index (χ1v) is 3.95. The van der Waals surface area contributed by atoms with Gasteiger partial charge in [-0.25, -0.2) is 0 Å². The highest BCUT2D eigenvalue weighted by Gasteiger charge is 2.43. The summed E-state index contributed by atoms with van der Waals surface area (Å²) in [5.74, 6) is -0.342. The van der Waals surface area contributed by atoms with E-state index in [1.54, 1.807) is 0 Å². The summed E-state index contributed by atoms with van der Waals surface area (Å²) < 4.78 is 52.1. The Morgan fingerprint density at radius 3 is 2.13 bits per heavy atom. The van der Waals surface area contributed by atoms with E-state index in [4.69, 9.17) is 6.58 Å². The minimum atomic E-state index is -4.48. The SMILES string of the molecule is [CH]=Cc1ccc(OC(F)(F)C(F)F)cc1. The zero-order valence-electron chi connectivity index (χ0n) is 7.46. The van der Waals surface area contributed by atoms with E-state index >= 15 is 0 Å². The molecule has 0 bridgehead atoms. The van der Waals surface area contributed by atoms with Gasteiger partial charge in [-0.15, -0.1) is 0 Å².